The molecule has 1 aromatic heterocycles. The Balaban J connectivity index is 0.00000294. The van der Waals surface area contributed by atoms with Crippen LogP contribution in [0.5, 0.6) is 0 Å². The molecule has 6 heteroatoms. The standard InChI is InChI=1S/C32H29N4O.Zn/c1-18-10-19(2)30(20(3)11-18)31-26-9-8-23(34-26)13-22-6-7-24(33-22)15-29-32(4,5)16-25(35-29)14-27-21(17-37)12-28(31)36-27;/h6-15,17H,16H2,1-5H3,(H-,33,34,35,36,37);/q-1;+2/p-1. The van der Waals surface area contributed by atoms with Crippen LogP contribution in [0, 0.1) is 26.2 Å². The van der Waals surface area contributed by atoms with Crippen LogP contribution in [0.15, 0.2) is 86.7 Å². The molecule has 0 radical (unpaired) electrons. The number of allylic oxidation sites excluding steroid dienone is 7. The average Bonchev–Trinajstić information content (AvgIpc) is 3.59. The first-order valence-electron chi connectivity index (χ1n) is 12.6. The van der Waals surface area contributed by atoms with E-state index in [9.17, 15) is 5.11 Å². The number of nitrogens with zero attached hydrogens (tertiary/aromatic N) is 4. The Morgan fingerprint density at radius 3 is 2.32 bits per heavy atom. The van der Waals surface area contributed by atoms with Crippen LogP contribution in [0.4, 0.5) is 0 Å². The second-order valence-electron chi connectivity index (χ2n) is 10.8. The molecule has 38 heavy (non-hydrogen) atoms. The molecule has 1 aromatic carbocycles. The molecule has 5 heterocycles. The van der Waals surface area contributed by atoms with E-state index in [2.05, 4.69) is 46.8 Å². The van der Waals surface area contributed by atoms with Gasteiger partial charge in [0.15, 0.2) is 0 Å². The predicted octanol–water partition coefficient (Wildman–Crippen LogP) is 3.88. The van der Waals surface area contributed by atoms with Crippen molar-refractivity contribution >= 4 is 35.0 Å². The van der Waals surface area contributed by atoms with Crippen LogP contribution < -0.4 is 20.7 Å². The Bertz CT molecular complexity index is 1730. The van der Waals surface area contributed by atoms with Gasteiger partial charge in [-0.05, 0) is 79.5 Å². The van der Waals surface area contributed by atoms with Crippen LogP contribution in [0.25, 0.3) is 17.9 Å². The predicted molar refractivity (Wildman–Crippen MR) is 150 cm³/mol. The molecular formula is C32H28N4OZn. The van der Waals surface area contributed by atoms with Crippen molar-refractivity contribution in [1.82, 2.24) is 4.98 Å². The average molecular weight is 550 g/mol. The molecular weight excluding hydrogens is 522 g/mol. The van der Waals surface area contributed by atoms with Crippen molar-refractivity contribution in [3.63, 3.8) is 0 Å². The number of benzene rings is 1. The Hall–Kier alpha value is -3.63. The molecule has 4 aliphatic heterocycles. The van der Waals surface area contributed by atoms with Gasteiger partial charge in [0.05, 0.1) is 22.8 Å². The Labute approximate surface area is 235 Å². The van der Waals surface area contributed by atoms with Gasteiger partial charge in [-0.25, -0.2) is 9.98 Å². The van der Waals surface area contributed by atoms with Crippen LogP contribution in [0.3, 0.4) is 0 Å². The number of aryl methyl sites for hydroxylation is 3. The fraction of sp³-hybridized carbons (Fsp3) is 0.219. The first kappa shape index (κ1) is 26.0. The molecule has 5 nitrogen and oxygen atoms in total. The van der Waals surface area contributed by atoms with Crippen molar-refractivity contribution in [3.05, 3.63) is 110 Å². The van der Waals surface area contributed by atoms with Gasteiger partial charge in [-0.15, -0.1) is 17.3 Å². The number of aromatic nitrogens is 1. The summed E-state index contributed by atoms with van der Waals surface area (Å²) in [7, 11) is 0. The molecule has 184 valence electrons. The fourth-order valence-corrected chi connectivity index (χ4v) is 5.55. The zero-order valence-electron chi connectivity index (χ0n) is 22.5. The first-order valence-corrected chi connectivity index (χ1v) is 12.6. The van der Waals surface area contributed by atoms with E-state index < -0.39 is 0 Å². The van der Waals surface area contributed by atoms with Crippen LogP contribution in [0.2, 0.25) is 0 Å². The third kappa shape index (κ3) is 4.58. The Kier molecular flexibility index (Phi) is 6.57. The third-order valence-corrected chi connectivity index (χ3v) is 7.20. The van der Waals surface area contributed by atoms with Crippen molar-refractivity contribution in [2.24, 2.45) is 20.4 Å². The number of rotatable bonds is 1. The number of aliphatic imine (C=N–C) groups is 3. The molecule has 0 saturated carbocycles. The maximum absolute atomic E-state index is 12.2. The van der Waals surface area contributed by atoms with E-state index in [1.54, 1.807) is 0 Å². The topological polar surface area (TPSA) is 74.2 Å². The summed E-state index contributed by atoms with van der Waals surface area (Å²) in [6.07, 6.45) is 15.7. The first-order chi connectivity index (χ1) is 17.7. The van der Waals surface area contributed by atoms with Gasteiger partial charge < -0.3 is 10.1 Å². The van der Waals surface area contributed by atoms with E-state index in [-0.39, 0.29) is 24.9 Å². The SMILES string of the molecule is Cc1cc(C)c(C2=C3C=CC(=N3)C=C3C=CC(=N3)C=C3N=C(C=c4[n-]c2c/c4=C/[O-])CC3(C)C)c(C)c1.[Zn+2]. The quantitative estimate of drug-likeness (QED) is 0.506. The smallest absolute Gasteiger partial charge is 0.877 e. The molecule has 0 saturated heterocycles. The van der Waals surface area contributed by atoms with Gasteiger partial charge >= 0.3 is 19.5 Å². The largest absolute Gasteiger partial charge is 2.00 e. The van der Waals surface area contributed by atoms with Gasteiger partial charge in [-0.2, -0.15) is 0 Å². The Morgan fingerprint density at radius 1 is 0.868 bits per heavy atom. The maximum atomic E-state index is 12.2. The summed E-state index contributed by atoms with van der Waals surface area (Å²) < 4.78 is 0. The summed E-state index contributed by atoms with van der Waals surface area (Å²) in [6.45, 7) is 10.7. The molecule has 0 spiro atoms. The molecule has 0 N–H and O–H groups in total. The van der Waals surface area contributed by atoms with E-state index in [0.717, 1.165) is 74.9 Å². The zero-order chi connectivity index (χ0) is 25.9. The van der Waals surface area contributed by atoms with E-state index >= 15 is 0 Å². The van der Waals surface area contributed by atoms with E-state index in [4.69, 9.17) is 20.0 Å². The van der Waals surface area contributed by atoms with Gasteiger partial charge in [-0.3, -0.25) is 4.99 Å². The number of fused-ring (bicyclic) bond motifs is 5. The molecule has 2 aromatic rings. The normalized spacial score (nSPS) is 19.5. The molecule has 0 fully saturated rings. The maximum Gasteiger partial charge on any atom is 2.00 e. The van der Waals surface area contributed by atoms with Crippen molar-refractivity contribution in [2.75, 3.05) is 0 Å². The molecule has 0 amide bonds. The van der Waals surface area contributed by atoms with Gasteiger partial charge in [0.25, 0.3) is 0 Å². The molecule has 0 unspecified atom stereocenters. The van der Waals surface area contributed by atoms with Crippen molar-refractivity contribution in [2.45, 2.75) is 41.0 Å². The van der Waals surface area contributed by atoms with Crippen molar-refractivity contribution in [3.8, 4) is 0 Å². The van der Waals surface area contributed by atoms with Gasteiger partial charge in [0, 0.05) is 23.2 Å². The molecule has 8 bridgehead atoms. The van der Waals surface area contributed by atoms with Crippen molar-refractivity contribution < 1.29 is 24.6 Å². The minimum atomic E-state index is -0.144. The van der Waals surface area contributed by atoms with E-state index in [1.165, 1.54) is 5.56 Å². The van der Waals surface area contributed by atoms with Crippen LogP contribution in [0.1, 0.15) is 48.2 Å². The van der Waals surface area contributed by atoms with Gasteiger partial charge in [0.1, 0.15) is 0 Å². The van der Waals surface area contributed by atoms with Crippen LogP contribution in [-0.4, -0.2) is 17.1 Å². The minimum absolute atomic E-state index is 0. The van der Waals surface area contributed by atoms with Gasteiger partial charge in [-0.1, -0.05) is 48.9 Å². The summed E-state index contributed by atoms with van der Waals surface area (Å²) >= 11 is 0. The summed E-state index contributed by atoms with van der Waals surface area (Å²) in [5, 5.41) is 13.4. The molecule has 6 rings (SSSR count). The zero-order valence-corrected chi connectivity index (χ0v) is 25.4. The number of hydrogen-bond donors (Lipinski definition) is 0. The second kappa shape index (κ2) is 9.60. The van der Waals surface area contributed by atoms with Crippen LogP contribution in [-0.2, 0) is 19.5 Å². The summed E-state index contributed by atoms with van der Waals surface area (Å²) in [4.78, 5) is 19.7. The van der Waals surface area contributed by atoms with Gasteiger partial charge in [0.2, 0.25) is 0 Å². The fourth-order valence-electron chi connectivity index (χ4n) is 5.55. The van der Waals surface area contributed by atoms with Crippen LogP contribution >= 0.6 is 0 Å². The Morgan fingerprint density at radius 2 is 1.58 bits per heavy atom. The molecule has 0 aliphatic carbocycles. The molecule has 0 atom stereocenters. The van der Waals surface area contributed by atoms with E-state index in [1.807, 2.05) is 48.6 Å². The molecule has 4 aliphatic rings. The third-order valence-electron chi connectivity index (χ3n) is 7.20. The summed E-state index contributed by atoms with van der Waals surface area (Å²) in [5.41, 5.74) is 11.4. The second-order valence-corrected chi connectivity index (χ2v) is 10.8. The monoisotopic (exact) mass is 548 g/mol. The number of hydrogen-bond acceptors (Lipinski definition) is 4. The minimum Gasteiger partial charge on any atom is -0.877 e. The summed E-state index contributed by atoms with van der Waals surface area (Å²) in [6, 6.07) is 6.24. The summed E-state index contributed by atoms with van der Waals surface area (Å²) in [5.74, 6) is 0. The van der Waals surface area contributed by atoms with Crippen molar-refractivity contribution in [1.29, 1.82) is 0 Å². The van der Waals surface area contributed by atoms with E-state index in [0.29, 0.717) is 10.6 Å².